The molecule has 1 unspecified atom stereocenters. The molecule has 0 aromatic carbocycles. The Morgan fingerprint density at radius 3 is 2.50 bits per heavy atom. The standard InChI is InChI=1S/C7H14F3N3O2S/c8-7(9,10)5-13-16(14,15)12-4-6-1-2-11-3-6/h6,11-13H,1-5H2. The van der Waals surface area contributed by atoms with E-state index in [-0.39, 0.29) is 12.5 Å². The lowest BCUT2D eigenvalue weighted by Crippen LogP contribution is -2.43. The first kappa shape index (κ1) is 13.7. The zero-order chi connectivity index (χ0) is 12.2. The highest BCUT2D eigenvalue weighted by atomic mass is 32.2. The highest BCUT2D eigenvalue weighted by Crippen LogP contribution is 2.12. The summed E-state index contributed by atoms with van der Waals surface area (Å²) < 4.78 is 61.0. The molecule has 1 atom stereocenters. The van der Waals surface area contributed by atoms with Gasteiger partial charge in [-0.2, -0.15) is 26.3 Å². The number of nitrogens with one attached hydrogen (secondary N) is 3. The normalized spacial score (nSPS) is 22.6. The summed E-state index contributed by atoms with van der Waals surface area (Å²) >= 11 is 0. The molecule has 1 heterocycles. The summed E-state index contributed by atoms with van der Waals surface area (Å²) in [6.07, 6.45) is -3.72. The van der Waals surface area contributed by atoms with Crippen LogP contribution in [0.25, 0.3) is 0 Å². The minimum atomic E-state index is -4.54. The highest BCUT2D eigenvalue weighted by Gasteiger charge is 2.29. The quantitative estimate of drug-likeness (QED) is 0.629. The number of hydrogen-bond donors (Lipinski definition) is 3. The first-order chi connectivity index (χ1) is 7.29. The van der Waals surface area contributed by atoms with Gasteiger partial charge in [0, 0.05) is 6.54 Å². The lowest BCUT2D eigenvalue weighted by atomic mass is 10.1. The molecule has 1 saturated heterocycles. The Morgan fingerprint density at radius 2 is 2.00 bits per heavy atom. The molecule has 0 amide bonds. The van der Waals surface area contributed by atoms with E-state index in [1.54, 1.807) is 0 Å². The molecule has 5 nitrogen and oxygen atoms in total. The van der Waals surface area contributed by atoms with E-state index in [0.29, 0.717) is 6.54 Å². The third-order valence-corrected chi connectivity index (χ3v) is 3.26. The van der Waals surface area contributed by atoms with Crippen LogP contribution in [0.5, 0.6) is 0 Å². The molecule has 0 aromatic rings. The predicted molar refractivity (Wildman–Crippen MR) is 52.0 cm³/mol. The van der Waals surface area contributed by atoms with E-state index in [4.69, 9.17) is 0 Å². The SMILES string of the molecule is O=S(=O)(NCC1CCNC1)NCC(F)(F)F. The topological polar surface area (TPSA) is 70.2 Å². The van der Waals surface area contributed by atoms with E-state index in [1.165, 1.54) is 4.72 Å². The maximum Gasteiger partial charge on any atom is 0.402 e. The minimum Gasteiger partial charge on any atom is -0.316 e. The molecular formula is C7H14F3N3O2S. The molecule has 16 heavy (non-hydrogen) atoms. The van der Waals surface area contributed by atoms with Crippen molar-refractivity contribution in [2.45, 2.75) is 12.6 Å². The molecule has 96 valence electrons. The molecule has 0 spiro atoms. The lowest BCUT2D eigenvalue weighted by molar-refractivity contribution is -0.121. The molecule has 1 rings (SSSR count). The van der Waals surface area contributed by atoms with Crippen LogP contribution in [0.4, 0.5) is 13.2 Å². The van der Waals surface area contributed by atoms with Crippen LogP contribution in [0.3, 0.4) is 0 Å². The van der Waals surface area contributed by atoms with Crippen LogP contribution in [0.15, 0.2) is 0 Å². The summed E-state index contributed by atoms with van der Waals surface area (Å²) in [6, 6.07) is 0. The summed E-state index contributed by atoms with van der Waals surface area (Å²) in [7, 11) is -4.05. The lowest BCUT2D eigenvalue weighted by Gasteiger charge is -2.12. The van der Waals surface area contributed by atoms with E-state index in [2.05, 4.69) is 10.0 Å². The van der Waals surface area contributed by atoms with Crippen molar-refractivity contribution < 1.29 is 21.6 Å². The molecule has 0 aromatic heterocycles. The minimum absolute atomic E-state index is 0.141. The zero-order valence-corrected chi connectivity index (χ0v) is 9.29. The van der Waals surface area contributed by atoms with Crippen molar-refractivity contribution >= 4 is 10.2 Å². The van der Waals surface area contributed by atoms with Crippen molar-refractivity contribution in [2.24, 2.45) is 5.92 Å². The third-order valence-electron chi connectivity index (χ3n) is 2.19. The van der Waals surface area contributed by atoms with Gasteiger partial charge in [-0.1, -0.05) is 0 Å². The summed E-state index contributed by atoms with van der Waals surface area (Å²) in [5.74, 6) is 0.141. The van der Waals surface area contributed by atoms with Gasteiger partial charge in [-0.3, -0.25) is 0 Å². The van der Waals surface area contributed by atoms with E-state index in [0.717, 1.165) is 13.0 Å². The van der Waals surface area contributed by atoms with Crippen molar-refractivity contribution in [3.05, 3.63) is 0 Å². The Kier molecular flexibility index (Phi) is 4.53. The first-order valence-corrected chi connectivity index (χ1v) is 6.28. The molecule has 0 saturated carbocycles. The Morgan fingerprint density at radius 1 is 1.31 bits per heavy atom. The Balaban J connectivity index is 2.28. The average molecular weight is 261 g/mol. The van der Waals surface area contributed by atoms with Gasteiger partial charge in [0.15, 0.2) is 0 Å². The second-order valence-corrected chi connectivity index (χ2v) is 5.23. The largest absolute Gasteiger partial charge is 0.402 e. The van der Waals surface area contributed by atoms with E-state index in [1.807, 2.05) is 0 Å². The maximum atomic E-state index is 11.8. The van der Waals surface area contributed by atoms with Crippen LogP contribution in [0.1, 0.15) is 6.42 Å². The second-order valence-electron chi connectivity index (χ2n) is 3.65. The van der Waals surface area contributed by atoms with E-state index < -0.39 is 22.9 Å². The number of rotatable bonds is 5. The van der Waals surface area contributed by atoms with Gasteiger partial charge < -0.3 is 5.32 Å². The van der Waals surface area contributed by atoms with Crippen LogP contribution in [-0.4, -0.2) is 40.8 Å². The van der Waals surface area contributed by atoms with Crippen molar-refractivity contribution in [1.29, 1.82) is 0 Å². The first-order valence-electron chi connectivity index (χ1n) is 4.80. The Hall–Kier alpha value is -0.380. The molecule has 1 aliphatic heterocycles. The third kappa shape index (κ3) is 5.64. The fourth-order valence-corrected chi connectivity index (χ4v) is 2.25. The monoisotopic (exact) mass is 261 g/mol. The summed E-state index contributed by atoms with van der Waals surface area (Å²) in [5.41, 5.74) is 0. The number of alkyl halides is 3. The van der Waals surface area contributed by atoms with Crippen LogP contribution in [-0.2, 0) is 10.2 Å². The Labute approximate surface area is 92.0 Å². The maximum absolute atomic E-state index is 11.8. The van der Waals surface area contributed by atoms with Gasteiger partial charge in [0.05, 0.1) is 0 Å². The van der Waals surface area contributed by atoms with Crippen LogP contribution >= 0.6 is 0 Å². The van der Waals surface area contributed by atoms with Gasteiger partial charge in [0.2, 0.25) is 0 Å². The van der Waals surface area contributed by atoms with E-state index in [9.17, 15) is 21.6 Å². The van der Waals surface area contributed by atoms with Crippen LogP contribution in [0, 0.1) is 5.92 Å². The van der Waals surface area contributed by atoms with Gasteiger partial charge in [0.25, 0.3) is 10.2 Å². The Bertz CT molecular complexity index is 311. The fraction of sp³-hybridized carbons (Fsp3) is 1.00. The van der Waals surface area contributed by atoms with Crippen molar-refractivity contribution in [1.82, 2.24) is 14.8 Å². The molecular weight excluding hydrogens is 247 g/mol. The van der Waals surface area contributed by atoms with Gasteiger partial charge >= 0.3 is 6.18 Å². The highest BCUT2D eigenvalue weighted by molar-refractivity contribution is 7.87. The van der Waals surface area contributed by atoms with Crippen molar-refractivity contribution in [3.63, 3.8) is 0 Å². The van der Waals surface area contributed by atoms with Gasteiger partial charge in [0.1, 0.15) is 6.54 Å². The summed E-state index contributed by atoms with van der Waals surface area (Å²) in [4.78, 5) is 0. The predicted octanol–water partition coefficient (Wildman–Crippen LogP) is -0.418. The molecule has 3 N–H and O–H groups in total. The van der Waals surface area contributed by atoms with Gasteiger partial charge in [-0.15, -0.1) is 0 Å². The van der Waals surface area contributed by atoms with E-state index >= 15 is 0 Å². The van der Waals surface area contributed by atoms with Crippen LogP contribution in [0.2, 0.25) is 0 Å². The van der Waals surface area contributed by atoms with Crippen molar-refractivity contribution in [2.75, 3.05) is 26.2 Å². The van der Waals surface area contributed by atoms with Crippen molar-refractivity contribution in [3.8, 4) is 0 Å². The molecule has 0 radical (unpaired) electrons. The summed E-state index contributed by atoms with van der Waals surface area (Å²) in [6.45, 7) is 0.0929. The van der Waals surface area contributed by atoms with Gasteiger partial charge in [-0.25, -0.2) is 4.72 Å². The molecule has 0 bridgehead atoms. The fourth-order valence-electron chi connectivity index (χ4n) is 1.34. The molecule has 1 fully saturated rings. The smallest absolute Gasteiger partial charge is 0.316 e. The number of hydrogen-bond acceptors (Lipinski definition) is 3. The zero-order valence-electron chi connectivity index (χ0n) is 8.47. The molecule has 9 heteroatoms. The van der Waals surface area contributed by atoms with Gasteiger partial charge in [-0.05, 0) is 25.4 Å². The average Bonchev–Trinajstić information content (AvgIpc) is 2.64. The summed E-state index contributed by atoms with van der Waals surface area (Å²) in [5, 5.41) is 3.03. The molecule has 0 aliphatic carbocycles. The second kappa shape index (κ2) is 5.30. The number of halogens is 3. The molecule has 1 aliphatic rings. The van der Waals surface area contributed by atoms with Crippen LogP contribution < -0.4 is 14.8 Å².